The predicted molar refractivity (Wildman–Crippen MR) is 52.7 cm³/mol. The molecule has 1 aromatic rings. The third-order valence-corrected chi connectivity index (χ3v) is 3.00. The standard InChI is InChI=1S/C6H6BrF2N3O2S/c7-4-3(10)1-2(5(8)9)6(12-4)15(11,13)14/h1,5H,10H2,(H2,11,13,14). The zero-order valence-electron chi connectivity index (χ0n) is 7.12. The van der Waals surface area contributed by atoms with Crippen LogP contribution < -0.4 is 10.9 Å². The van der Waals surface area contributed by atoms with Crippen LogP contribution in [-0.4, -0.2) is 13.4 Å². The van der Waals surface area contributed by atoms with Crippen molar-refractivity contribution in [3.8, 4) is 0 Å². The summed E-state index contributed by atoms with van der Waals surface area (Å²) >= 11 is 2.82. The van der Waals surface area contributed by atoms with Crippen LogP contribution in [0.25, 0.3) is 0 Å². The van der Waals surface area contributed by atoms with Gasteiger partial charge in [0.05, 0.1) is 11.3 Å². The van der Waals surface area contributed by atoms with Crippen LogP contribution in [0, 0.1) is 0 Å². The molecule has 0 saturated heterocycles. The van der Waals surface area contributed by atoms with E-state index < -0.39 is 27.0 Å². The number of hydrogen-bond donors (Lipinski definition) is 2. The lowest BCUT2D eigenvalue weighted by Gasteiger charge is -2.08. The first-order valence-corrected chi connectivity index (χ1v) is 5.84. The molecule has 0 amide bonds. The summed E-state index contributed by atoms with van der Waals surface area (Å²) in [5, 5.41) is 3.85. The molecule has 0 radical (unpaired) electrons. The van der Waals surface area contributed by atoms with Gasteiger partial charge in [-0.3, -0.25) is 0 Å². The zero-order valence-corrected chi connectivity index (χ0v) is 9.52. The van der Waals surface area contributed by atoms with E-state index in [0.717, 1.165) is 6.07 Å². The first-order valence-electron chi connectivity index (χ1n) is 3.50. The lowest BCUT2D eigenvalue weighted by molar-refractivity contribution is 0.147. The Bertz CT molecular complexity index is 491. The monoisotopic (exact) mass is 301 g/mol. The lowest BCUT2D eigenvalue weighted by Crippen LogP contribution is -2.17. The van der Waals surface area contributed by atoms with Crippen molar-refractivity contribution >= 4 is 31.6 Å². The third-order valence-electron chi connectivity index (χ3n) is 1.50. The van der Waals surface area contributed by atoms with Crippen LogP contribution in [0.2, 0.25) is 0 Å². The highest BCUT2D eigenvalue weighted by Gasteiger charge is 2.23. The highest BCUT2D eigenvalue weighted by atomic mass is 79.9. The molecule has 5 nitrogen and oxygen atoms in total. The minimum absolute atomic E-state index is 0.0454. The van der Waals surface area contributed by atoms with Crippen molar-refractivity contribution in [1.29, 1.82) is 0 Å². The molecule has 0 aliphatic heterocycles. The van der Waals surface area contributed by atoms with Crippen molar-refractivity contribution in [2.24, 2.45) is 5.14 Å². The van der Waals surface area contributed by atoms with Crippen LogP contribution in [0.3, 0.4) is 0 Å². The number of nitrogens with two attached hydrogens (primary N) is 2. The maximum absolute atomic E-state index is 12.4. The van der Waals surface area contributed by atoms with E-state index in [9.17, 15) is 17.2 Å². The molecule has 1 rings (SSSR count). The Morgan fingerprint density at radius 1 is 1.47 bits per heavy atom. The van der Waals surface area contributed by atoms with Gasteiger partial charge in [-0.2, -0.15) is 0 Å². The van der Waals surface area contributed by atoms with E-state index in [2.05, 4.69) is 20.9 Å². The summed E-state index contributed by atoms with van der Waals surface area (Å²) in [7, 11) is -4.29. The zero-order chi connectivity index (χ0) is 11.8. The van der Waals surface area contributed by atoms with E-state index in [0.29, 0.717) is 0 Å². The first kappa shape index (κ1) is 12.3. The summed E-state index contributed by atoms with van der Waals surface area (Å²) in [4.78, 5) is 3.36. The molecule has 0 aromatic carbocycles. The SMILES string of the molecule is Nc1cc(C(F)F)c(S(N)(=O)=O)nc1Br. The smallest absolute Gasteiger partial charge is 0.266 e. The number of alkyl halides is 2. The fourth-order valence-electron chi connectivity index (χ4n) is 0.891. The summed E-state index contributed by atoms with van der Waals surface area (Å²) in [6, 6.07) is 0.821. The molecule has 0 aliphatic rings. The number of nitrogen functional groups attached to an aromatic ring is 1. The fourth-order valence-corrected chi connectivity index (χ4v) is 2.00. The predicted octanol–water partition coefficient (Wildman–Crippen LogP) is 1.01. The molecule has 0 unspecified atom stereocenters. The van der Waals surface area contributed by atoms with Crippen LogP contribution in [0.5, 0.6) is 0 Å². The van der Waals surface area contributed by atoms with Gasteiger partial charge in [-0.1, -0.05) is 0 Å². The Kier molecular flexibility index (Phi) is 3.26. The van der Waals surface area contributed by atoms with Gasteiger partial charge in [0.25, 0.3) is 16.4 Å². The number of aromatic nitrogens is 1. The Morgan fingerprint density at radius 2 is 2.00 bits per heavy atom. The minimum Gasteiger partial charge on any atom is -0.397 e. The van der Waals surface area contributed by atoms with Crippen LogP contribution in [-0.2, 0) is 10.0 Å². The molecule has 1 aromatic heterocycles. The van der Waals surface area contributed by atoms with Crippen molar-refractivity contribution in [2.45, 2.75) is 11.5 Å². The second-order valence-electron chi connectivity index (χ2n) is 2.61. The maximum Gasteiger partial charge on any atom is 0.266 e. The number of rotatable bonds is 2. The van der Waals surface area contributed by atoms with Crippen molar-refractivity contribution in [3.05, 3.63) is 16.2 Å². The molecule has 4 N–H and O–H groups in total. The molecule has 0 bridgehead atoms. The third kappa shape index (κ3) is 2.61. The summed E-state index contributed by atoms with van der Waals surface area (Å²) in [6.45, 7) is 0. The van der Waals surface area contributed by atoms with Gasteiger partial charge in [0, 0.05) is 0 Å². The summed E-state index contributed by atoms with van der Waals surface area (Å²) in [5.41, 5.74) is 4.40. The van der Waals surface area contributed by atoms with Crippen LogP contribution in [0.1, 0.15) is 12.0 Å². The van der Waals surface area contributed by atoms with Crippen molar-refractivity contribution in [2.75, 3.05) is 5.73 Å². The second kappa shape index (κ2) is 3.99. The van der Waals surface area contributed by atoms with E-state index >= 15 is 0 Å². The topological polar surface area (TPSA) is 99.1 Å². The molecular weight excluding hydrogens is 296 g/mol. The summed E-state index contributed by atoms with van der Waals surface area (Å²) in [6.07, 6.45) is -3.01. The van der Waals surface area contributed by atoms with E-state index in [1.807, 2.05) is 0 Å². The highest BCUT2D eigenvalue weighted by Crippen LogP contribution is 2.29. The van der Waals surface area contributed by atoms with E-state index in [4.69, 9.17) is 10.9 Å². The van der Waals surface area contributed by atoms with E-state index in [-0.39, 0.29) is 10.3 Å². The molecule has 0 fully saturated rings. The number of hydrogen-bond acceptors (Lipinski definition) is 4. The average Bonchev–Trinajstić information content (AvgIpc) is 2.06. The Balaban J connectivity index is 3.56. The Hall–Kier alpha value is -0.800. The van der Waals surface area contributed by atoms with Gasteiger partial charge in [0.2, 0.25) is 0 Å². The lowest BCUT2D eigenvalue weighted by atomic mass is 10.3. The second-order valence-corrected chi connectivity index (χ2v) is 4.84. The van der Waals surface area contributed by atoms with Crippen molar-refractivity contribution in [3.63, 3.8) is 0 Å². The normalized spacial score (nSPS) is 12.1. The van der Waals surface area contributed by atoms with E-state index in [1.54, 1.807) is 0 Å². The van der Waals surface area contributed by atoms with Gasteiger partial charge in [0.15, 0.2) is 5.03 Å². The molecule has 84 valence electrons. The minimum atomic E-state index is -4.29. The summed E-state index contributed by atoms with van der Waals surface area (Å²) < 4.78 is 46.7. The molecule has 0 aliphatic carbocycles. The van der Waals surface area contributed by atoms with Crippen molar-refractivity contribution in [1.82, 2.24) is 4.98 Å². The van der Waals surface area contributed by atoms with Crippen molar-refractivity contribution < 1.29 is 17.2 Å². The van der Waals surface area contributed by atoms with Gasteiger partial charge in [-0.05, 0) is 22.0 Å². The Morgan fingerprint density at radius 3 is 2.40 bits per heavy atom. The fraction of sp³-hybridized carbons (Fsp3) is 0.167. The largest absolute Gasteiger partial charge is 0.397 e. The number of primary sulfonamides is 1. The molecule has 1 heterocycles. The number of halogens is 3. The quantitative estimate of drug-likeness (QED) is 0.796. The molecule has 0 saturated carbocycles. The molecule has 9 heteroatoms. The molecule has 0 spiro atoms. The molecule has 0 atom stereocenters. The van der Waals surface area contributed by atoms with Gasteiger partial charge >= 0.3 is 0 Å². The van der Waals surface area contributed by atoms with Gasteiger partial charge < -0.3 is 5.73 Å². The van der Waals surface area contributed by atoms with Crippen LogP contribution >= 0.6 is 15.9 Å². The number of nitrogens with zero attached hydrogens (tertiary/aromatic N) is 1. The summed E-state index contributed by atoms with van der Waals surface area (Å²) in [5.74, 6) is 0. The van der Waals surface area contributed by atoms with Gasteiger partial charge in [-0.15, -0.1) is 0 Å². The number of anilines is 1. The first-order chi connectivity index (χ1) is 6.73. The highest BCUT2D eigenvalue weighted by molar-refractivity contribution is 9.10. The van der Waals surface area contributed by atoms with E-state index in [1.165, 1.54) is 0 Å². The maximum atomic E-state index is 12.4. The molecule has 15 heavy (non-hydrogen) atoms. The number of sulfonamides is 1. The van der Waals surface area contributed by atoms with Gasteiger partial charge in [-0.25, -0.2) is 27.3 Å². The number of pyridine rings is 1. The molecular formula is C6H6BrF2N3O2S. The average molecular weight is 302 g/mol. The van der Waals surface area contributed by atoms with Gasteiger partial charge in [0.1, 0.15) is 4.60 Å². The Labute approximate surface area is 92.7 Å². The van der Waals surface area contributed by atoms with Crippen LogP contribution in [0.4, 0.5) is 14.5 Å². The van der Waals surface area contributed by atoms with Crippen LogP contribution in [0.15, 0.2) is 15.7 Å².